The van der Waals surface area contributed by atoms with Gasteiger partial charge in [0.15, 0.2) is 0 Å². The van der Waals surface area contributed by atoms with Crippen molar-refractivity contribution < 1.29 is 18.4 Å². The number of fused-ring (bicyclic) bond motifs is 5. The van der Waals surface area contributed by atoms with E-state index in [1.54, 1.807) is 6.07 Å². The van der Waals surface area contributed by atoms with Gasteiger partial charge in [-0.25, -0.2) is 8.78 Å². The maximum atomic E-state index is 14.5. The third-order valence-corrected chi connectivity index (χ3v) is 10.1. The maximum Gasteiger partial charge on any atom is 0.228 e. The highest BCUT2D eigenvalue weighted by Crippen LogP contribution is 2.66. The second-order valence-corrected chi connectivity index (χ2v) is 11.7. The molecule has 1 aromatic rings. The van der Waals surface area contributed by atoms with Crippen LogP contribution in [0.2, 0.25) is 0 Å². The minimum Gasteiger partial charge on any atom is -0.323 e. The number of nitriles is 1. The van der Waals surface area contributed by atoms with E-state index < -0.39 is 11.6 Å². The lowest BCUT2D eigenvalue weighted by atomic mass is 9.48. The zero-order valence-electron chi connectivity index (χ0n) is 20.9. The highest BCUT2D eigenvalue weighted by Gasteiger charge is 2.61. The Hall–Kier alpha value is -2.75. The quantitative estimate of drug-likeness (QED) is 0.583. The molecule has 1 saturated heterocycles. The predicted octanol–water partition coefficient (Wildman–Crippen LogP) is 5.77. The van der Waals surface area contributed by atoms with Gasteiger partial charge < -0.3 is 10.2 Å². The number of hydrogen-bond acceptors (Lipinski definition) is 3. The van der Waals surface area contributed by atoms with Crippen LogP contribution in [0.1, 0.15) is 71.3 Å². The van der Waals surface area contributed by atoms with E-state index in [0.717, 1.165) is 50.7 Å². The number of halogens is 2. The molecule has 1 heterocycles. The molecule has 4 aliphatic rings. The van der Waals surface area contributed by atoms with Gasteiger partial charge in [0.2, 0.25) is 11.8 Å². The van der Waals surface area contributed by atoms with E-state index >= 15 is 0 Å². The molecule has 3 fully saturated rings. The Kier molecular flexibility index (Phi) is 5.58. The fourth-order valence-corrected chi connectivity index (χ4v) is 8.49. The Balaban J connectivity index is 1.41. The molecule has 5 nitrogen and oxygen atoms in total. The summed E-state index contributed by atoms with van der Waals surface area (Å²) in [6.07, 6.45) is 5.96. The first-order valence-electron chi connectivity index (χ1n) is 12.7. The average molecular weight is 482 g/mol. The predicted molar refractivity (Wildman–Crippen MR) is 128 cm³/mol. The Morgan fingerprint density at radius 2 is 1.89 bits per heavy atom. The van der Waals surface area contributed by atoms with Crippen molar-refractivity contribution in [3.05, 3.63) is 40.6 Å². The molecule has 2 saturated carbocycles. The van der Waals surface area contributed by atoms with Gasteiger partial charge in [-0.2, -0.15) is 5.26 Å². The summed E-state index contributed by atoms with van der Waals surface area (Å²) in [5.41, 5.74) is 1.67. The summed E-state index contributed by atoms with van der Waals surface area (Å²) < 4.78 is 28.5. The summed E-state index contributed by atoms with van der Waals surface area (Å²) in [5.74, 6) is -0.701. The number of carbonyl (C=O) groups excluding carboxylic acids is 2. The lowest BCUT2D eigenvalue weighted by Crippen LogP contribution is -2.54. The molecule has 0 spiro atoms. The third kappa shape index (κ3) is 3.43. The van der Waals surface area contributed by atoms with Crippen LogP contribution in [-0.2, 0) is 9.59 Å². The summed E-state index contributed by atoms with van der Waals surface area (Å²) in [6, 6.07) is 3.35. The first-order valence-corrected chi connectivity index (χ1v) is 12.7. The van der Waals surface area contributed by atoms with Crippen LogP contribution in [0.5, 0.6) is 0 Å². The molecule has 3 aliphatic carbocycles. The summed E-state index contributed by atoms with van der Waals surface area (Å²) in [5, 5.41) is 11.5. The smallest absolute Gasteiger partial charge is 0.228 e. The van der Waals surface area contributed by atoms with Crippen LogP contribution in [0.25, 0.3) is 0 Å². The topological polar surface area (TPSA) is 73.2 Å². The van der Waals surface area contributed by atoms with Crippen molar-refractivity contribution in [2.24, 2.45) is 34.5 Å². The number of piperidine rings is 1. The SMILES string of the molecule is CC1=C2N(C)C(=O)CC[C@]2(C)[C@@H]2CC[C@]3(C)C(C(=O)Nc4cc(F)c(C#N)cc4F)CC[C@H]3[C@@H]2C1. The molecule has 7 heteroatoms. The van der Waals surface area contributed by atoms with E-state index in [4.69, 9.17) is 5.26 Å². The molecule has 6 atom stereocenters. The van der Waals surface area contributed by atoms with Gasteiger partial charge in [-0.05, 0) is 74.7 Å². The van der Waals surface area contributed by atoms with Gasteiger partial charge in [-0.15, -0.1) is 0 Å². The van der Waals surface area contributed by atoms with Crippen LogP contribution in [0.4, 0.5) is 14.5 Å². The number of anilines is 1. The van der Waals surface area contributed by atoms with E-state index in [0.29, 0.717) is 24.2 Å². The maximum absolute atomic E-state index is 14.5. The van der Waals surface area contributed by atoms with Gasteiger partial charge in [0.25, 0.3) is 0 Å². The van der Waals surface area contributed by atoms with Crippen molar-refractivity contribution in [1.82, 2.24) is 4.90 Å². The number of likely N-dealkylation sites (tertiary alicyclic amines) is 1. The van der Waals surface area contributed by atoms with Gasteiger partial charge in [0, 0.05) is 36.6 Å². The number of carbonyl (C=O) groups is 2. The van der Waals surface area contributed by atoms with Crippen LogP contribution in [-0.4, -0.2) is 23.8 Å². The first-order chi connectivity index (χ1) is 16.5. The normalized spacial score (nSPS) is 36.3. The molecule has 0 aromatic heterocycles. The molecule has 2 amide bonds. The van der Waals surface area contributed by atoms with E-state index in [1.807, 2.05) is 11.9 Å². The van der Waals surface area contributed by atoms with Crippen LogP contribution in [0, 0.1) is 57.5 Å². The molecule has 1 unspecified atom stereocenters. The van der Waals surface area contributed by atoms with Crippen molar-refractivity contribution in [2.45, 2.75) is 65.7 Å². The second kappa shape index (κ2) is 8.15. The van der Waals surface area contributed by atoms with Crippen molar-refractivity contribution in [3.63, 3.8) is 0 Å². The van der Waals surface area contributed by atoms with Gasteiger partial charge in [0.05, 0.1) is 11.3 Å². The average Bonchev–Trinajstić information content (AvgIpc) is 3.16. The number of nitrogens with one attached hydrogen (secondary N) is 1. The van der Waals surface area contributed by atoms with E-state index in [-0.39, 0.29) is 39.8 Å². The molecule has 0 radical (unpaired) electrons. The third-order valence-electron chi connectivity index (χ3n) is 10.1. The van der Waals surface area contributed by atoms with Crippen LogP contribution < -0.4 is 5.32 Å². The first kappa shape index (κ1) is 24.0. The summed E-state index contributed by atoms with van der Waals surface area (Å²) in [6.45, 7) is 6.69. The van der Waals surface area contributed by atoms with E-state index in [1.165, 1.54) is 11.3 Å². The summed E-state index contributed by atoms with van der Waals surface area (Å²) in [7, 11) is 1.91. The number of nitrogens with zero attached hydrogens (tertiary/aromatic N) is 2. The van der Waals surface area contributed by atoms with E-state index in [9.17, 15) is 18.4 Å². The molecule has 186 valence electrons. The van der Waals surface area contributed by atoms with Gasteiger partial charge >= 0.3 is 0 Å². The largest absolute Gasteiger partial charge is 0.323 e. The number of amides is 2. The molecule has 35 heavy (non-hydrogen) atoms. The van der Waals surface area contributed by atoms with E-state index in [2.05, 4.69) is 26.1 Å². The Morgan fingerprint density at radius 1 is 1.14 bits per heavy atom. The number of hydrogen-bond donors (Lipinski definition) is 1. The molecule has 1 aliphatic heterocycles. The summed E-state index contributed by atoms with van der Waals surface area (Å²) >= 11 is 0. The Bertz CT molecular complexity index is 1190. The van der Waals surface area contributed by atoms with Crippen LogP contribution >= 0.6 is 0 Å². The molecule has 1 aromatic carbocycles. The Labute approximate surface area is 205 Å². The number of benzene rings is 1. The lowest BCUT2D eigenvalue weighted by molar-refractivity contribution is -0.137. The molecule has 0 bridgehead atoms. The van der Waals surface area contributed by atoms with Crippen molar-refractivity contribution in [3.8, 4) is 6.07 Å². The molecular weight excluding hydrogens is 448 g/mol. The van der Waals surface area contributed by atoms with Gasteiger partial charge in [0.1, 0.15) is 17.7 Å². The monoisotopic (exact) mass is 481 g/mol. The molecule has 1 N–H and O–H groups in total. The summed E-state index contributed by atoms with van der Waals surface area (Å²) in [4.78, 5) is 27.7. The minimum absolute atomic E-state index is 0.0273. The number of allylic oxidation sites excluding steroid dienone is 2. The fraction of sp³-hybridized carbons (Fsp3) is 0.607. The number of rotatable bonds is 2. The highest BCUT2D eigenvalue weighted by molar-refractivity contribution is 5.93. The zero-order chi connectivity index (χ0) is 25.3. The minimum atomic E-state index is -0.843. The van der Waals surface area contributed by atoms with Gasteiger partial charge in [-0.1, -0.05) is 19.4 Å². The van der Waals surface area contributed by atoms with Crippen molar-refractivity contribution >= 4 is 17.5 Å². The Morgan fingerprint density at radius 3 is 2.60 bits per heavy atom. The lowest BCUT2D eigenvalue weighted by Gasteiger charge is -2.59. The van der Waals surface area contributed by atoms with Crippen molar-refractivity contribution in [2.75, 3.05) is 12.4 Å². The standard InChI is InChI=1S/C28H33F2N3O2/c1-15-11-17-18-5-6-20(26(35)32-23-13-21(29)16(14-31)12-22(23)30)27(18,2)9-7-19(17)28(3)10-8-24(34)33(4)25(15)28/h12-13,17-20H,5-11H2,1-4H3,(H,32,35)/t17-,18-,19+,20?,27-,28+/m0/s1. The fourth-order valence-electron chi connectivity index (χ4n) is 8.49. The molecule has 5 rings (SSSR count). The molecular formula is C28H33F2N3O2. The van der Waals surface area contributed by atoms with Crippen LogP contribution in [0.15, 0.2) is 23.4 Å². The van der Waals surface area contributed by atoms with Crippen molar-refractivity contribution in [1.29, 1.82) is 5.26 Å². The highest BCUT2D eigenvalue weighted by atomic mass is 19.1. The second-order valence-electron chi connectivity index (χ2n) is 11.7. The van der Waals surface area contributed by atoms with Crippen LogP contribution in [0.3, 0.4) is 0 Å². The zero-order valence-corrected chi connectivity index (χ0v) is 20.9. The van der Waals surface area contributed by atoms with Gasteiger partial charge in [-0.3, -0.25) is 9.59 Å².